The van der Waals surface area contributed by atoms with Crippen LogP contribution in [0.5, 0.6) is 17.2 Å². The Balaban J connectivity index is 1.38. The third-order valence-electron chi connectivity index (χ3n) is 6.91. The van der Waals surface area contributed by atoms with Crippen molar-refractivity contribution < 1.29 is 68.0 Å². The molecule has 3 rings (SSSR count). The van der Waals surface area contributed by atoms with Gasteiger partial charge in [-0.25, -0.2) is 4.79 Å². The molecule has 1 aliphatic rings. The van der Waals surface area contributed by atoms with Gasteiger partial charge in [0.15, 0.2) is 0 Å². The fourth-order valence-electron chi connectivity index (χ4n) is 3.92. The van der Waals surface area contributed by atoms with E-state index in [2.05, 4.69) is 11.7 Å². The van der Waals surface area contributed by atoms with Crippen molar-refractivity contribution in [3.63, 3.8) is 0 Å². The Hall–Kier alpha value is -3.20. The summed E-state index contributed by atoms with van der Waals surface area (Å²) in [7, 11) is 0. The summed E-state index contributed by atoms with van der Waals surface area (Å²) in [5.74, 6) is -15.9. The molecule has 2 aromatic rings. The van der Waals surface area contributed by atoms with Gasteiger partial charge in [-0.3, -0.25) is 0 Å². The van der Waals surface area contributed by atoms with Crippen LogP contribution >= 0.6 is 0 Å². The van der Waals surface area contributed by atoms with E-state index < -0.39 is 35.8 Å². The van der Waals surface area contributed by atoms with E-state index in [0.717, 1.165) is 57.5 Å². The van der Waals surface area contributed by atoms with E-state index in [1.165, 1.54) is 24.3 Å². The molecule has 0 atom stereocenters. The molecule has 0 aromatic heterocycles. The molecule has 1 aliphatic heterocycles. The second-order valence-corrected chi connectivity index (χ2v) is 10.3. The quantitative estimate of drug-likeness (QED) is 0.0750. The van der Waals surface area contributed by atoms with E-state index in [4.69, 9.17) is 18.9 Å². The van der Waals surface area contributed by atoms with Crippen LogP contribution in [0, 0.1) is 5.41 Å². The van der Waals surface area contributed by atoms with Crippen molar-refractivity contribution in [1.82, 2.24) is 0 Å². The van der Waals surface area contributed by atoms with Crippen molar-refractivity contribution >= 4 is 5.97 Å². The summed E-state index contributed by atoms with van der Waals surface area (Å²) in [6.07, 6.45) is -8.50. The number of hydrogen-bond acceptors (Lipinski definition) is 6. The van der Waals surface area contributed by atoms with Gasteiger partial charge in [-0.1, -0.05) is 13.3 Å². The topological polar surface area (TPSA) is 63.2 Å². The molecule has 1 fully saturated rings. The third-order valence-corrected chi connectivity index (χ3v) is 6.91. The van der Waals surface area contributed by atoms with Gasteiger partial charge in [-0.15, -0.1) is 0 Å². The van der Waals surface area contributed by atoms with E-state index >= 15 is 0 Å². The average Bonchev–Trinajstić information content (AvgIpc) is 2.93. The number of carbonyl (C=O) groups is 1. The van der Waals surface area contributed by atoms with Crippen LogP contribution in [0.2, 0.25) is 0 Å². The maximum atomic E-state index is 13.7. The summed E-state index contributed by atoms with van der Waals surface area (Å²) >= 11 is 0. The highest BCUT2D eigenvalue weighted by molar-refractivity contribution is 5.91. The summed E-state index contributed by atoms with van der Waals surface area (Å²) in [5, 5.41) is 0. The Labute approximate surface area is 247 Å². The molecule has 6 nitrogen and oxygen atoms in total. The number of halogens is 9. The monoisotopic (exact) mass is 646 g/mol. The maximum absolute atomic E-state index is 13.7. The summed E-state index contributed by atoms with van der Waals surface area (Å²) in [6, 6.07) is 8.46. The minimum atomic E-state index is -7.08. The van der Waals surface area contributed by atoms with Crippen LogP contribution in [0.1, 0.15) is 49.4 Å². The number of carbonyl (C=O) groups excluding carboxylic acids is 1. The molecule has 0 spiro atoms. The summed E-state index contributed by atoms with van der Waals surface area (Å²) in [6.45, 7) is 5.50. The van der Waals surface area contributed by atoms with Crippen molar-refractivity contribution in [2.24, 2.45) is 5.41 Å². The zero-order valence-corrected chi connectivity index (χ0v) is 23.5. The first-order valence-electron chi connectivity index (χ1n) is 13.6. The fraction of sp³-hybridized carbons (Fsp3) is 0.552. The van der Waals surface area contributed by atoms with Gasteiger partial charge in [0.05, 0.1) is 32.0 Å². The van der Waals surface area contributed by atoms with Crippen LogP contribution in [-0.2, 0) is 9.47 Å². The molecule has 0 bridgehead atoms. The van der Waals surface area contributed by atoms with Crippen molar-refractivity contribution in [2.75, 3.05) is 33.0 Å². The van der Waals surface area contributed by atoms with Crippen molar-refractivity contribution in [2.45, 2.75) is 63.2 Å². The smallest absolute Gasteiger partial charge is 0.471 e. The van der Waals surface area contributed by atoms with Gasteiger partial charge < -0.3 is 23.7 Å². The molecule has 1 heterocycles. The number of hydrogen-bond donors (Lipinski definition) is 0. The molecule has 0 aliphatic carbocycles. The number of benzene rings is 2. The molecule has 2 aromatic carbocycles. The number of unbranched alkanes of at least 4 members (excludes halogenated alkanes) is 3. The van der Waals surface area contributed by atoms with Gasteiger partial charge in [-0.2, -0.15) is 39.5 Å². The van der Waals surface area contributed by atoms with E-state index in [1.54, 1.807) is 0 Å². The molecule has 0 amide bonds. The van der Waals surface area contributed by atoms with Gasteiger partial charge in [0.25, 0.3) is 0 Å². The second-order valence-electron chi connectivity index (χ2n) is 10.3. The highest BCUT2D eigenvalue weighted by Gasteiger charge is 2.83. The van der Waals surface area contributed by atoms with Gasteiger partial charge in [0, 0.05) is 12.0 Å². The fourth-order valence-corrected chi connectivity index (χ4v) is 3.92. The standard InChI is InChI=1S/C29H31F9O6/c1-2-25(18-41-19-25)17-40-15-5-3-4-6-16-42-21-9-7-20(8-10-21)24(39)43-22-11-13-23(14-12-22)44-29(37,38)27(32,33)26(30,31)28(34,35)36/h7-14H,2-6,15-19H2,1H3. The Morgan fingerprint density at radius 2 is 1.30 bits per heavy atom. The summed E-state index contributed by atoms with van der Waals surface area (Å²) < 4.78 is 142. The lowest BCUT2D eigenvalue weighted by Gasteiger charge is -2.40. The summed E-state index contributed by atoms with van der Waals surface area (Å²) in [5.41, 5.74) is 0.241. The first-order chi connectivity index (χ1) is 20.5. The molecule has 1 saturated heterocycles. The molecule has 44 heavy (non-hydrogen) atoms. The first-order valence-corrected chi connectivity index (χ1v) is 13.6. The molecule has 0 unspecified atom stereocenters. The summed E-state index contributed by atoms with van der Waals surface area (Å²) in [4.78, 5) is 12.4. The zero-order chi connectivity index (χ0) is 32.7. The van der Waals surface area contributed by atoms with Gasteiger partial charge in [0.2, 0.25) is 0 Å². The Kier molecular flexibility index (Phi) is 11.4. The average molecular weight is 647 g/mol. The van der Waals surface area contributed by atoms with Crippen LogP contribution in [0.4, 0.5) is 39.5 Å². The molecule has 0 N–H and O–H groups in total. The highest BCUT2D eigenvalue weighted by atomic mass is 19.4. The van der Waals surface area contributed by atoms with Crippen molar-refractivity contribution in [3.05, 3.63) is 54.1 Å². The minimum absolute atomic E-state index is 0.0663. The van der Waals surface area contributed by atoms with Crippen LogP contribution in [0.3, 0.4) is 0 Å². The Morgan fingerprint density at radius 3 is 1.82 bits per heavy atom. The minimum Gasteiger partial charge on any atom is -0.494 e. The molecule has 0 radical (unpaired) electrons. The van der Waals surface area contributed by atoms with Crippen LogP contribution in [0.15, 0.2) is 48.5 Å². The van der Waals surface area contributed by atoms with E-state index in [9.17, 15) is 44.3 Å². The highest BCUT2D eigenvalue weighted by Crippen LogP contribution is 2.53. The molecule has 0 saturated carbocycles. The SMILES string of the molecule is CCC1(COCCCCCCOc2ccc(C(=O)Oc3ccc(OC(F)(F)C(F)(F)C(F)(F)C(F)(F)F)cc3)cc2)COC1. The predicted octanol–water partition coefficient (Wildman–Crippen LogP) is 8.09. The molecular formula is C29H31F9O6. The Bertz CT molecular complexity index is 1190. The van der Waals surface area contributed by atoms with Crippen LogP contribution in [-0.4, -0.2) is 63.1 Å². The second kappa shape index (κ2) is 14.3. The van der Waals surface area contributed by atoms with E-state index in [-0.39, 0.29) is 16.7 Å². The lowest BCUT2D eigenvalue weighted by atomic mass is 9.84. The van der Waals surface area contributed by atoms with Crippen molar-refractivity contribution in [1.29, 1.82) is 0 Å². The van der Waals surface area contributed by atoms with Gasteiger partial charge in [-0.05, 0) is 74.2 Å². The van der Waals surface area contributed by atoms with Crippen LogP contribution < -0.4 is 14.2 Å². The zero-order valence-electron chi connectivity index (χ0n) is 23.5. The molecule has 246 valence electrons. The number of ether oxygens (including phenoxy) is 5. The predicted molar refractivity (Wildman–Crippen MR) is 138 cm³/mol. The first kappa shape index (κ1) is 35.3. The number of esters is 1. The Morgan fingerprint density at radius 1 is 0.750 bits per heavy atom. The van der Waals surface area contributed by atoms with Gasteiger partial charge in [0.1, 0.15) is 17.2 Å². The normalized spacial score (nSPS) is 15.4. The van der Waals surface area contributed by atoms with E-state index in [0.29, 0.717) is 37.7 Å². The van der Waals surface area contributed by atoms with Crippen LogP contribution in [0.25, 0.3) is 0 Å². The lowest BCUT2D eigenvalue weighted by molar-refractivity contribution is -0.428. The third kappa shape index (κ3) is 8.49. The van der Waals surface area contributed by atoms with Gasteiger partial charge >= 0.3 is 30.1 Å². The van der Waals surface area contributed by atoms with E-state index in [1.807, 2.05) is 0 Å². The number of rotatable bonds is 17. The maximum Gasteiger partial charge on any atom is 0.471 e. The largest absolute Gasteiger partial charge is 0.494 e. The van der Waals surface area contributed by atoms with Crippen molar-refractivity contribution in [3.8, 4) is 17.2 Å². The molecule has 15 heteroatoms. The molecular weight excluding hydrogens is 615 g/mol. The number of alkyl halides is 9. The lowest BCUT2D eigenvalue weighted by Crippen LogP contribution is -2.62.